The minimum atomic E-state index is -0.270. The Balaban J connectivity index is 2.18. The lowest BCUT2D eigenvalue weighted by Gasteiger charge is -2.15. The first kappa shape index (κ1) is 18.5. The molecule has 0 aliphatic heterocycles. The number of ketones is 1. The summed E-state index contributed by atoms with van der Waals surface area (Å²) in [6.45, 7) is 0. The highest BCUT2D eigenvalue weighted by Crippen LogP contribution is 2.48. The van der Waals surface area contributed by atoms with E-state index in [2.05, 4.69) is 46.8 Å². The number of nitrogens with one attached hydrogen (secondary N) is 2. The number of methoxy groups -OCH3 is 3. The van der Waals surface area contributed by atoms with Crippen LogP contribution in [0, 0.1) is 0 Å². The van der Waals surface area contributed by atoms with E-state index in [0.29, 0.717) is 32.0 Å². The van der Waals surface area contributed by atoms with E-state index >= 15 is 0 Å². The van der Waals surface area contributed by atoms with Crippen LogP contribution in [0.15, 0.2) is 33.6 Å². The molecule has 2 aromatic heterocycles. The van der Waals surface area contributed by atoms with Crippen LogP contribution in [0.2, 0.25) is 0 Å². The van der Waals surface area contributed by atoms with Crippen molar-refractivity contribution < 1.29 is 19.0 Å². The maximum atomic E-state index is 12.7. The average Bonchev–Trinajstić information content (AvgIpc) is 3.28. The van der Waals surface area contributed by atoms with Crippen molar-refractivity contribution >= 4 is 37.6 Å². The summed E-state index contributed by atoms with van der Waals surface area (Å²) >= 11 is 7.00. The fraction of sp³-hybridized carbons (Fsp3) is 0.176. The maximum Gasteiger partial charge on any atom is 0.245 e. The van der Waals surface area contributed by atoms with Crippen LogP contribution in [0.5, 0.6) is 17.2 Å². The van der Waals surface area contributed by atoms with Crippen molar-refractivity contribution in [2.24, 2.45) is 0 Å². The highest BCUT2D eigenvalue weighted by atomic mass is 79.9. The molecule has 2 N–H and O–H groups in total. The van der Waals surface area contributed by atoms with E-state index in [1.165, 1.54) is 13.3 Å². The number of rotatable bonds is 6. The summed E-state index contributed by atoms with van der Waals surface area (Å²) < 4.78 is 17.5. The smallest absolute Gasteiger partial charge is 0.245 e. The average molecular weight is 485 g/mol. The number of ether oxygens (including phenoxy) is 3. The molecule has 0 spiro atoms. The lowest BCUT2D eigenvalue weighted by Crippen LogP contribution is -2.04. The lowest BCUT2D eigenvalue weighted by atomic mass is 10.1. The molecule has 0 aliphatic rings. The van der Waals surface area contributed by atoms with Gasteiger partial charge >= 0.3 is 0 Å². The number of imidazole rings is 1. The molecule has 2 heterocycles. The highest BCUT2D eigenvalue weighted by Gasteiger charge is 2.26. The minimum absolute atomic E-state index is 0.241. The van der Waals surface area contributed by atoms with Crippen LogP contribution < -0.4 is 14.2 Å². The van der Waals surface area contributed by atoms with E-state index in [1.807, 2.05) is 6.07 Å². The van der Waals surface area contributed by atoms with Crippen LogP contribution in [0.1, 0.15) is 16.3 Å². The summed E-state index contributed by atoms with van der Waals surface area (Å²) in [5, 5.41) is 0. The van der Waals surface area contributed by atoms with Crippen molar-refractivity contribution in [3.8, 4) is 28.4 Å². The Labute approximate surface area is 166 Å². The molecular weight excluding hydrogens is 470 g/mol. The number of benzene rings is 1. The Morgan fingerprint density at radius 1 is 1.08 bits per heavy atom. The Hall–Kier alpha value is -2.26. The Kier molecular flexibility index (Phi) is 5.38. The summed E-state index contributed by atoms with van der Waals surface area (Å²) in [6.07, 6.45) is 3.12. The number of carbonyl (C=O) groups is 1. The molecule has 0 unspecified atom stereocenters. The second-order valence-corrected chi connectivity index (χ2v) is 6.74. The molecule has 0 fully saturated rings. The number of nitrogens with zero attached hydrogens (tertiary/aromatic N) is 1. The second kappa shape index (κ2) is 7.55. The second-order valence-electron chi connectivity index (χ2n) is 5.15. The van der Waals surface area contributed by atoms with Crippen LogP contribution in [0.4, 0.5) is 0 Å². The Morgan fingerprint density at radius 2 is 1.81 bits per heavy atom. The molecular formula is C17H15Br2N3O4. The third kappa shape index (κ3) is 3.01. The van der Waals surface area contributed by atoms with Gasteiger partial charge in [-0.15, -0.1) is 0 Å². The number of H-pyrrole nitrogens is 2. The Morgan fingerprint density at radius 3 is 2.38 bits per heavy atom. The summed E-state index contributed by atoms with van der Waals surface area (Å²) in [5.74, 6) is 1.47. The quantitative estimate of drug-likeness (QED) is 0.512. The van der Waals surface area contributed by atoms with Crippen LogP contribution in [-0.4, -0.2) is 42.1 Å². The van der Waals surface area contributed by atoms with Crippen molar-refractivity contribution in [1.82, 2.24) is 15.0 Å². The first-order valence-corrected chi connectivity index (χ1v) is 9.02. The molecule has 0 saturated heterocycles. The molecule has 0 aliphatic carbocycles. The summed E-state index contributed by atoms with van der Waals surface area (Å²) in [4.78, 5) is 22.5. The van der Waals surface area contributed by atoms with Crippen molar-refractivity contribution in [3.63, 3.8) is 0 Å². The van der Waals surface area contributed by atoms with E-state index in [9.17, 15) is 4.79 Å². The zero-order valence-electron chi connectivity index (χ0n) is 14.1. The van der Waals surface area contributed by atoms with E-state index in [0.717, 1.165) is 11.1 Å². The van der Waals surface area contributed by atoms with Gasteiger partial charge in [-0.25, -0.2) is 4.98 Å². The van der Waals surface area contributed by atoms with Crippen molar-refractivity contribution in [3.05, 3.63) is 45.1 Å². The molecule has 26 heavy (non-hydrogen) atoms. The third-order valence-corrected chi connectivity index (χ3v) is 5.19. The van der Waals surface area contributed by atoms with Gasteiger partial charge in [0.1, 0.15) is 5.69 Å². The fourth-order valence-corrected chi connectivity index (χ4v) is 4.21. The summed E-state index contributed by atoms with van der Waals surface area (Å²) in [5.41, 5.74) is 1.80. The zero-order chi connectivity index (χ0) is 18.8. The number of aromatic nitrogens is 3. The minimum Gasteiger partial charge on any atom is -0.493 e. The van der Waals surface area contributed by atoms with Gasteiger partial charge in [0.25, 0.3) is 0 Å². The number of hydrogen-bond acceptors (Lipinski definition) is 5. The topological polar surface area (TPSA) is 89.2 Å². The van der Waals surface area contributed by atoms with Gasteiger partial charge in [-0.3, -0.25) is 4.79 Å². The van der Waals surface area contributed by atoms with Crippen LogP contribution in [-0.2, 0) is 0 Å². The van der Waals surface area contributed by atoms with Crippen molar-refractivity contribution in [2.75, 3.05) is 21.3 Å². The van der Waals surface area contributed by atoms with Gasteiger partial charge in [-0.2, -0.15) is 0 Å². The largest absolute Gasteiger partial charge is 0.493 e. The van der Waals surface area contributed by atoms with E-state index in [-0.39, 0.29) is 11.6 Å². The molecule has 7 nitrogen and oxygen atoms in total. The van der Waals surface area contributed by atoms with Gasteiger partial charge in [0.15, 0.2) is 17.3 Å². The molecule has 0 radical (unpaired) electrons. The van der Waals surface area contributed by atoms with Gasteiger partial charge in [0, 0.05) is 23.5 Å². The first-order valence-electron chi connectivity index (χ1n) is 7.43. The van der Waals surface area contributed by atoms with Gasteiger partial charge in [0.2, 0.25) is 11.5 Å². The SMILES string of the molecule is COc1ccc(-c2c(Br)[nH]c(C(=O)c3ncc[nH]3)c2Br)c(OC)c1OC. The first-order chi connectivity index (χ1) is 12.5. The fourth-order valence-electron chi connectivity index (χ4n) is 2.65. The third-order valence-electron chi connectivity index (χ3n) is 3.81. The standard InChI is InChI=1S/C17H15Br2N3O4/c1-24-9-5-4-8(14(25-2)15(9)26-3)10-11(18)12(22-16(10)19)13(23)17-20-6-7-21-17/h4-7,22H,1-3H3,(H,20,21). The maximum absolute atomic E-state index is 12.7. The molecule has 9 heteroatoms. The molecule has 0 amide bonds. The summed E-state index contributed by atoms with van der Waals surface area (Å²) in [6, 6.07) is 3.61. The molecule has 0 bridgehead atoms. The lowest BCUT2D eigenvalue weighted by molar-refractivity contribution is 0.102. The molecule has 3 aromatic rings. The van der Waals surface area contributed by atoms with Crippen LogP contribution in [0.3, 0.4) is 0 Å². The Bertz CT molecular complexity index is 952. The molecule has 3 rings (SSSR count). The molecule has 1 aromatic carbocycles. The van der Waals surface area contributed by atoms with E-state index < -0.39 is 0 Å². The van der Waals surface area contributed by atoms with E-state index in [4.69, 9.17) is 14.2 Å². The van der Waals surface area contributed by atoms with Gasteiger partial charge in [-0.1, -0.05) is 0 Å². The number of aromatic amines is 2. The monoisotopic (exact) mass is 483 g/mol. The number of carbonyl (C=O) groups excluding carboxylic acids is 1. The van der Waals surface area contributed by atoms with Crippen LogP contribution in [0.25, 0.3) is 11.1 Å². The zero-order valence-corrected chi connectivity index (χ0v) is 17.3. The van der Waals surface area contributed by atoms with Gasteiger partial charge < -0.3 is 24.2 Å². The van der Waals surface area contributed by atoms with Crippen molar-refractivity contribution in [1.29, 1.82) is 0 Å². The molecule has 136 valence electrons. The predicted octanol–water partition coefficient (Wildman–Crippen LogP) is 4.19. The number of hydrogen-bond donors (Lipinski definition) is 2. The number of halogens is 2. The highest BCUT2D eigenvalue weighted by molar-refractivity contribution is 9.11. The van der Waals surface area contributed by atoms with Gasteiger partial charge in [-0.05, 0) is 44.0 Å². The normalized spacial score (nSPS) is 10.7. The molecule has 0 atom stereocenters. The van der Waals surface area contributed by atoms with E-state index in [1.54, 1.807) is 26.5 Å². The molecule has 0 saturated carbocycles. The van der Waals surface area contributed by atoms with Crippen molar-refractivity contribution in [2.45, 2.75) is 0 Å². The van der Waals surface area contributed by atoms with Crippen LogP contribution >= 0.6 is 31.9 Å². The van der Waals surface area contributed by atoms with Gasteiger partial charge in [0.05, 0.1) is 30.4 Å². The summed E-state index contributed by atoms with van der Waals surface area (Å²) in [7, 11) is 4.64. The predicted molar refractivity (Wildman–Crippen MR) is 103 cm³/mol.